The van der Waals surface area contributed by atoms with Gasteiger partial charge < -0.3 is 18.8 Å². The molecule has 1 aromatic carbocycles. The van der Waals surface area contributed by atoms with Gasteiger partial charge in [0.05, 0.1) is 13.7 Å². The molecule has 0 aliphatic rings. The first kappa shape index (κ1) is 24.9. The molecular formula is C23H30N2O7. The number of nitrogens with zero attached hydrogens (tertiary/aromatic N) is 2. The van der Waals surface area contributed by atoms with Crippen molar-refractivity contribution in [3.05, 3.63) is 36.0 Å². The minimum absolute atomic E-state index is 0.167. The van der Waals surface area contributed by atoms with Crippen LogP contribution in [0, 0.1) is 0 Å². The number of amides is 2. The maximum atomic E-state index is 13.0. The van der Waals surface area contributed by atoms with Gasteiger partial charge in [-0.15, -0.1) is 0 Å². The first-order valence-corrected chi connectivity index (χ1v) is 10.1. The van der Waals surface area contributed by atoms with Gasteiger partial charge in [0.25, 0.3) is 0 Å². The van der Waals surface area contributed by atoms with E-state index >= 15 is 0 Å². The van der Waals surface area contributed by atoms with Crippen molar-refractivity contribution in [2.75, 3.05) is 7.11 Å². The van der Waals surface area contributed by atoms with E-state index in [1.54, 1.807) is 76.6 Å². The monoisotopic (exact) mass is 446 g/mol. The number of hydrogen-bond acceptors (Lipinski definition) is 7. The molecular weight excluding hydrogens is 416 g/mol. The molecule has 1 unspecified atom stereocenters. The van der Waals surface area contributed by atoms with Gasteiger partial charge in [-0.1, -0.05) is 18.2 Å². The third-order valence-electron chi connectivity index (χ3n) is 4.28. The molecule has 0 spiro atoms. The maximum Gasteiger partial charge on any atom is 0.420 e. The Balaban J connectivity index is 2.56. The molecule has 0 saturated carbocycles. The molecule has 174 valence electrons. The molecule has 0 fully saturated rings. The molecule has 9 nitrogen and oxygen atoms in total. The second kappa shape index (κ2) is 9.42. The van der Waals surface area contributed by atoms with Crippen LogP contribution in [-0.4, -0.2) is 58.3 Å². The molecule has 0 aliphatic carbocycles. The number of aromatic nitrogens is 1. The van der Waals surface area contributed by atoms with Crippen molar-refractivity contribution in [2.45, 2.75) is 65.3 Å². The molecule has 1 heterocycles. The van der Waals surface area contributed by atoms with Crippen molar-refractivity contribution in [3.63, 3.8) is 0 Å². The predicted molar refractivity (Wildman–Crippen MR) is 117 cm³/mol. The fourth-order valence-electron chi connectivity index (χ4n) is 3.06. The lowest BCUT2D eigenvalue weighted by Crippen LogP contribution is -2.53. The van der Waals surface area contributed by atoms with Crippen LogP contribution >= 0.6 is 0 Å². The van der Waals surface area contributed by atoms with E-state index in [4.69, 9.17) is 14.2 Å². The smallest absolute Gasteiger partial charge is 0.420 e. The zero-order valence-corrected chi connectivity index (χ0v) is 19.5. The molecule has 0 saturated heterocycles. The Morgan fingerprint density at radius 3 is 2.00 bits per heavy atom. The normalized spacial score (nSPS) is 12.7. The fourth-order valence-corrected chi connectivity index (χ4v) is 3.06. The minimum Gasteiger partial charge on any atom is -0.467 e. The zero-order chi connectivity index (χ0) is 24.3. The Morgan fingerprint density at radius 2 is 1.53 bits per heavy atom. The van der Waals surface area contributed by atoms with Crippen molar-refractivity contribution < 1.29 is 33.4 Å². The highest BCUT2D eigenvalue weighted by Crippen LogP contribution is 2.23. The lowest BCUT2D eigenvalue weighted by Gasteiger charge is -2.32. The summed E-state index contributed by atoms with van der Waals surface area (Å²) >= 11 is 0. The van der Waals surface area contributed by atoms with Crippen LogP contribution in [0.5, 0.6) is 0 Å². The lowest BCUT2D eigenvalue weighted by molar-refractivity contribution is -0.147. The topological polar surface area (TPSA) is 104 Å². The molecule has 32 heavy (non-hydrogen) atoms. The van der Waals surface area contributed by atoms with E-state index in [1.807, 2.05) is 0 Å². The van der Waals surface area contributed by atoms with Gasteiger partial charge in [0.2, 0.25) is 0 Å². The Kier molecular flexibility index (Phi) is 7.33. The van der Waals surface area contributed by atoms with Gasteiger partial charge in [-0.3, -0.25) is 4.79 Å². The van der Waals surface area contributed by atoms with Crippen LogP contribution in [0.25, 0.3) is 10.9 Å². The zero-order valence-electron chi connectivity index (χ0n) is 19.5. The van der Waals surface area contributed by atoms with Crippen molar-refractivity contribution in [1.82, 2.24) is 9.47 Å². The predicted octanol–water partition coefficient (Wildman–Crippen LogP) is 4.17. The van der Waals surface area contributed by atoms with Gasteiger partial charge in [0, 0.05) is 22.7 Å². The van der Waals surface area contributed by atoms with Gasteiger partial charge in [-0.25, -0.2) is 14.4 Å². The van der Waals surface area contributed by atoms with E-state index in [1.165, 1.54) is 0 Å². The number of fused-ring (bicyclic) bond motifs is 1. The fraction of sp³-hybridized carbons (Fsp3) is 0.478. The van der Waals surface area contributed by atoms with Crippen LogP contribution in [0.15, 0.2) is 30.5 Å². The van der Waals surface area contributed by atoms with Crippen molar-refractivity contribution in [3.8, 4) is 0 Å². The maximum absolute atomic E-state index is 13.0. The highest BCUT2D eigenvalue weighted by Gasteiger charge is 2.41. The van der Waals surface area contributed by atoms with Crippen LogP contribution in [0.3, 0.4) is 0 Å². The Hall–Kier alpha value is -3.36. The number of ether oxygens (including phenoxy) is 3. The molecule has 2 rings (SSSR count). The second-order valence-electron chi connectivity index (χ2n) is 9.24. The first-order valence-electron chi connectivity index (χ1n) is 10.1. The summed E-state index contributed by atoms with van der Waals surface area (Å²) in [6.45, 7) is 9.67. The van der Waals surface area contributed by atoms with Crippen LogP contribution in [0.2, 0.25) is 0 Å². The third-order valence-corrected chi connectivity index (χ3v) is 4.28. The third kappa shape index (κ3) is 6.09. The largest absolute Gasteiger partial charge is 0.467 e. The summed E-state index contributed by atoms with van der Waals surface area (Å²) in [5.74, 6) is -0.841. The molecule has 2 aromatic rings. The number of aldehydes is 1. The average molecular weight is 447 g/mol. The van der Waals surface area contributed by atoms with Crippen molar-refractivity contribution in [2.24, 2.45) is 0 Å². The van der Waals surface area contributed by atoms with E-state index in [0.717, 1.165) is 7.11 Å². The number of rotatable bonds is 5. The molecule has 9 heteroatoms. The quantitative estimate of drug-likeness (QED) is 0.386. The van der Waals surface area contributed by atoms with E-state index in [0.29, 0.717) is 27.7 Å². The summed E-state index contributed by atoms with van der Waals surface area (Å²) in [7, 11) is 1.16. The minimum atomic E-state index is -1.40. The standard InChI is InChI=1S/C23H30N2O7/c1-22(2,3)31-20(28)25(21(29)32-23(4,5)6)18(19(27)30-7)13-24-12-15(14-26)16-10-8-9-11-17(16)24/h8-12,14,18H,13H2,1-7H3. The number of imide groups is 1. The van der Waals surface area contributed by atoms with Crippen LogP contribution in [-0.2, 0) is 25.5 Å². The number of esters is 1. The van der Waals surface area contributed by atoms with Crippen LogP contribution in [0.1, 0.15) is 51.9 Å². The van der Waals surface area contributed by atoms with E-state index in [2.05, 4.69) is 0 Å². The van der Waals surface area contributed by atoms with E-state index < -0.39 is 35.4 Å². The molecule has 1 aromatic heterocycles. The summed E-state index contributed by atoms with van der Waals surface area (Å²) in [5.41, 5.74) is -0.798. The van der Waals surface area contributed by atoms with Crippen molar-refractivity contribution >= 4 is 35.3 Å². The summed E-state index contributed by atoms with van der Waals surface area (Å²) in [5, 5.41) is 0.673. The molecule has 0 bridgehead atoms. The van der Waals surface area contributed by atoms with Gasteiger partial charge in [-0.05, 0) is 47.6 Å². The van der Waals surface area contributed by atoms with Crippen LogP contribution < -0.4 is 0 Å². The summed E-state index contributed by atoms with van der Waals surface area (Å²) in [4.78, 5) is 50.9. The number of carbonyl (C=O) groups excluding carboxylic acids is 4. The summed E-state index contributed by atoms with van der Waals surface area (Å²) < 4.78 is 17.3. The average Bonchev–Trinajstić information content (AvgIpc) is 3.02. The second-order valence-corrected chi connectivity index (χ2v) is 9.24. The Bertz CT molecular complexity index is 984. The molecule has 0 N–H and O–H groups in total. The highest BCUT2D eigenvalue weighted by atomic mass is 16.6. The van der Waals surface area contributed by atoms with E-state index in [-0.39, 0.29) is 6.54 Å². The van der Waals surface area contributed by atoms with Gasteiger partial charge in [0.1, 0.15) is 11.2 Å². The molecule has 0 radical (unpaired) electrons. The number of carbonyl (C=O) groups is 4. The van der Waals surface area contributed by atoms with E-state index in [9.17, 15) is 19.2 Å². The van der Waals surface area contributed by atoms with Crippen LogP contribution in [0.4, 0.5) is 9.59 Å². The Labute approximate surface area is 187 Å². The lowest BCUT2D eigenvalue weighted by atomic mass is 10.2. The van der Waals surface area contributed by atoms with Crippen molar-refractivity contribution in [1.29, 1.82) is 0 Å². The van der Waals surface area contributed by atoms with Gasteiger partial charge in [0.15, 0.2) is 12.3 Å². The number of para-hydroxylation sites is 1. The number of benzene rings is 1. The Morgan fingerprint density at radius 1 is 1.00 bits per heavy atom. The number of methoxy groups -OCH3 is 1. The van der Waals surface area contributed by atoms with Gasteiger partial charge in [-0.2, -0.15) is 4.90 Å². The molecule has 1 atom stereocenters. The van der Waals surface area contributed by atoms with Gasteiger partial charge >= 0.3 is 18.2 Å². The first-order chi connectivity index (χ1) is 14.8. The molecule has 0 aliphatic heterocycles. The highest BCUT2D eigenvalue weighted by molar-refractivity contribution is 5.98. The molecule has 2 amide bonds. The SMILES string of the molecule is COC(=O)C(Cn1cc(C=O)c2ccccc21)N(C(=O)OC(C)(C)C)C(=O)OC(C)(C)C. The number of hydrogen-bond donors (Lipinski definition) is 0. The summed E-state index contributed by atoms with van der Waals surface area (Å²) in [6, 6.07) is 5.69. The summed E-state index contributed by atoms with van der Waals surface area (Å²) in [6.07, 6.45) is 0.157.